The van der Waals surface area contributed by atoms with E-state index in [-0.39, 0.29) is 0 Å². The van der Waals surface area contributed by atoms with Gasteiger partial charge in [-0.2, -0.15) is 0 Å². The van der Waals surface area contributed by atoms with E-state index in [1.165, 1.54) is 82.1 Å². The summed E-state index contributed by atoms with van der Waals surface area (Å²) in [5.74, 6) is 0. The summed E-state index contributed by atoms with van der Waals surface area (Å²) >= 11 is 0. The van der Waals surface area contributed by atoms with Crippen molar-refractivity contribution < 1.29 is 0 Å². The predicted molar refractivity (Wildman–Crippen MR) is 184 cm³/mol. The molecular weight excluding hydrogens is 518 g/mol. The number of aromatic nitrogens is 1. The molecule has 0 N–H and O–H groups in total. The molecule has 200 valence electrons. The van der Waals surface area contributed by atoms with Gasteiger partial charge in [0.25, 0.3) is 0 Å². The van der Waals surface area contributed by atoms with Crippen molar-refractivity contribution in [3.05, 3.63) is 164 Å². The molecule has 0 saturated carbocycles. The molecule has 0 unspecified atom stereocenters. The Morgan fingerprint density at radius 1 is 0.302 bits per heavy atom. The molecule has 0 fully saturated rings. The highest BCUT2D eigenvalue weighted by Gasteiger charge is 2.16. The van der Waals surface area contributed by atoms with Crippen molar-refractivity contribution in [1.82, 2.24) is 4.57 Å². The quantitative estimate of drug-likeness (QED) is 0.195. The van der Waals surface area contributed by atoms with Gasteiger partial charge in [-0.3, -0.25) is 0 Å². The van der Waals surface area contributed by atoms with Crippen molar-refractivity contribution in [3.63, 3.8) is 0 Å². The first-order valence-electron chi connectivity index (χ1n) is 14.9. The van der Waals surface area contributed by atoms with Crippen LogP contribution in [0.3, 0.4) is 0 Å². The first kappa shape index (κ1) is 24.0. The molecule has 0 aliphatic carbocycles. The van der Waals surface area contributed by atoms with E-state index in [0.717, 1.165) is 0 Å². The summed E-state index contributed by atoms with van der Waals surface area (Å²) in [7, 11) is 0. The Bertz CT molecular complexity index is 2450. The third-order valence-electron chi connectivity index (χ3n) is 8.99. The number of rotatable bonds is 3. The first-order valence-corrected chi connectivity index (χ1v) is 14.9. The molecule has 8 aromatic carbocycles. The maximum Gasteiger partial charge on any atom is 0.0547 e. The van der Waals surface area contributed by atoms with Crippen LogP contribution in [-0.2, 0) is 0 Å². The van der Waals surface area contributed by atoms with Gasteiger partial charge in [0, 0.05) is 16.5 Å². The Morgan fingerprint density at radius 3 is 1.51 bits per heavy atom. The molecule has 9 aromatic rings. The molecule has 1 heterocycles. The van der Waals surface area contributed by atoms with Crippen LogP contribution < -0.4 is 0 Å². The van der Waals surface area contributed by atoms with Gasteiger partial charge in [0.15, 0.2) is 0 Å². The van der Waals surface area contributed by atoms with E-state index in [1.54, 1.807) is 0 Å². The van der Waals surface area contributed by atoms with Gasteiger partial charge in [0.2, 0.25) is 0 Å². The number of nitrogens with zero attached hydrogens (tertiary/aromatic N) is 1. The van der Waals surface area contributed by atoms with Crippen LogP contribution in [-0.4, -0.2) is 4.57 Å². The van der Waals surface area contributed by atoms with Crippen LogP contribution in [0.1, 0.15) is 0 Å². The van der Waals surface area contributed by atoms with Crippen LogP contribution in [0.2, 0.25) is 0 Å². The molecule has 1 heteroatoms. The monoisotopic (exact) mass is 545 g/mol. The Labute approximate surface area is 249 Å². The largest absolute Gasteiger partial charge is 0.309 e. The Balaban J connectivity index is 1.20. The van der Waals surface area contributed by atoms with E-state index >= 15 is 0 Å². The smallest absolute Gasteiger partial charge is 0.0547 e. The Hall–Kier alpha value is -5.66. The molecule has 0 amide bonds. The van der Waals surface area contributed by atoms with E-state index in [2.05, 4.69) is 168 Å². The molecular formula is C42H27N. The van der Waals surface area contributed by atoms with E-state index in [1.807, 2.05) is 0 Å². The minimum absolute atomic E-state index is 1.18. The van der Waals surface area contributed by atoms with E-state index in [0.29, 0.717) is 0 Å². The lowest BCUT2D eigenvalue weighted by Crippen LogP contribution is -1.92. The second kappa shape index (κ2) is 9.44. The summed E-state index contributed by atoms with van der Waals surface area (Å²) in [6.07, 6.45) is 0. The van der Waals surface area contributed by atoms with Gasteiger partial charge in [0.05, 0.1) is 11.0 Å². The minimum Gasteiger partial charge on any atom is -0.309 e. The van der Waals surface area contributed by atoms with E-state index in [9.17, 15) is 0 Å². The zero-order valence-corrected chi connectivity index (χ0v) is 23.5. The molecule has 1 nitrogen and oxygen atoms in total. The number of hydrogen-bond donors (Lipinski definition) is 0. The van der Waals surface area contributed by atoms with Crippen molar-refractivity contribution in [1.29, 1.82) is 0 Å². The number of fused-ring (bicyclic) bond motifs is 9. The zero-order valence-electron chi connectivity index (χ0n) is 23.5. The van der Waals surface area contributed by atoms with Crippen molar-refractivity contribution in [2.24, 2.45) is 0 Å². The highest BCUT2D eigenvalue weighted by molar-refractivity contribution is 6.25. The lowest BCUT2D eigenvalue weighted by molar-refractivity contribution is 1.18. The zero-order chi connectivity index (χ0) is 28.3. The van der Waals surface area contributed by atoms with Crippen LogP contribution in [0.5, 0.6) is 0 Å². The highest BCUT2D eigenvalue weighted by Crippen LogP contribution is 2.40. The highest BCUT2D eigenvalue weighted by atomic mass is 15.0. The molecule has 0 aliphatic rings. The third-order valence-corrected chi connectivity index (χ3v) is 8.99. The molecule has 0 aliphatic heterocycles. The number of hydrogen-bond acceptors (Lipinski definition) is 0. The predicted octanol–water partition coefficient (Wildman–Crippen LogP) is 11.6. The summed E-state index contributed by atoms with van der Waals surface area (Å²) in [6, 6.07) is 59.7. The normalized spacial score (nSPS) is 11.7. The van der Waals surface area contributed by atoms with Crippen LogP contribution >= 0.6 is 0 Å². The lowest BCUT2D eigenvalue weighted by Gasteiger charge is -2.12. The van der Waals surface area contributed by atoms with Crippen molar-refractivity contribution in [2.45, 2.75) is 0 Å². The van der Waals surface area contributed by atoms with Gasteiger partial charge in [0.1, 0.15) is 0 Å². The summed E-state index contributed by atoms with van der Waals surface area (Å²) in [6.45, 7) is 0. The standard InChI is InChI=1S/C42H27N/c1-2-11-31(12-3-1)43-40-19-9-8-17-38(40)42-32(18-10-20-41(42)43)29-23-21-28(22-24-29)30-25-26-37-35-15-5-4-13-33(35)34-14-6-7-16-36(34)39(37)27-30/h1-27H. The van der Waals surface area contributed by atoms with Crippen LogP contribution in [0.4, 0.5) is 0 Å². The SMILES string of the molecule is c1ccc(-n2c3ccccc3c3c(-c4ccc(-c5ccc6c7ccccc7c7ccccc7c6c5)cc4)cccc32)cc1. The molecule has 9 rings (SSSR count). The van der Waals surface area contributed by atoms with E-state index < -0.39 is 0 Å². The molecule has 0 spiro atoms. The minimum atomic E-state index is 1.18. The second-order valence-corrected chi connectivity index (χ2v) is 11.3. The summed E-state index contributed by atoms with van der Waals surface area (Å²) in [4.78, 5) is 0. The maximum atomic E-state index is 2.38. The molecule has 1 aromatic heterocycles. The van der Waals surface area contributed by atoms with Gasteiger partial charge >= 0.3 is 0 Å². The Kier molecular flexibility index (Phi) is 5.27. The average Bonchev–Trinajstić information content (AvgIpc) is 3.43. The molecule has 43 heavy (non-hydrogen) atoms. The fourth-order valence-corrected chi connectivity index (χ4v) is 7.04. The van der Waals surface area contributed by atoms with Crippen LogP contribution in [0.25, 0.3) is 82.1 Å². The second-order valence-electron chi connectivity index (χ2n) is 11.3. The third kappa shape index (κ3) is 3.65. The Morgan fingerprint density at radius 2 is 0.814 bits per heavy atom. The first-order chi connectivity index (χ1) is 21.3. The summed E-state index contributed by atoms with van der Waals surface area (Å²) in [5, 5.41) is 10.4. The summed E-state index contributed by atoms with van der Waals surface area (Å²) in [5.41, 5.74) is 8.57. The van der Waals surface area contributed by atoms with Crippen LogP contribution in [0, 0.1) is 0 Å². The lowest BCUT2D eigenvalue weighted by atomic mass is 9.91. The fraction of sp³-hybridized carbons (Fsp3) is 0. The maximum absolute atomic E-state index is 2.38. The molecule has 0 radical (unpaired) electrons. The van der Waals surface area contributed by atoms with Gasteiger partial charge in [-0.25, -0.2) is 0 Å². The van der Waals surface area contributed by atoms with Crippen molar-refractivity contribution in [2.75, 3.05) is 0 Å². The van der Waals surface area contributed by atoms with Gasteiger partial charge in [-0.1, -0.05) is 133 Å². The number of benzene rings is 8. The van der Waals surface area contributed by atoms with Crippen molar-refractivity contribution >= 4 is 54.1 Å². The van der Waals surface area contributed by atoms with E-state index in [4.69, 9.17) is 0 Å². The van der Waals surface area contributed by atoms with Crippen LogP contribution in [0.15, 0.2) is 164 Å². The molecule has 0 atom stereocenters. The topological polar surface area (TPSA) is 4.93 Å². The van der Waals surface area contributed by atoms with Gasteiger partial charge in [-0.15, -0.1) is 0 Å². The van der Waals surface area contributed by atoms with Gasteiger partial charge in [-0.05, 0) is 84.9 Å². The molecule has 0 saturated heterocycles. The number of para-hydroxylation sites is 2. The van der Waals surface area contributed by atoms with Crippen molar-refractivity contribution in [3.8, 4) is 27.9 Å². The average molecular weight is 546 g/mol. The molecule has 0 bridgehead atoms. The van der Waals surface area contributed by atoms with Gasteiger partial charge < -0.3 is 4.57 Å². The summed E-state index contributed by atoms with van der Waals surface area (Å²) < 4.78 is 2.38. The fourth-order valence-electron chi connectivity index (χ4n) is 7.04.